The summed E-state index contributed by atoms with van der Waals surface area (Å²) in [6, 6.07) is 20.4. The average molecular weight is 467 g/mol. The number of carbonyl (C=O) groups excluding carboxylic acids is 2. The molecular weight excluding hydrogens is 436 g/mol. The molecule has 2 atom stereocenters. The van der Waals surface area contributed by atoms with E-state index in [2.05, 4.69) is 5.32 Å². The lowest BCUT2D eigenvalue weighted by atomic mass is 10.1. The van der Waals surface area contributed by atoms with Crippen molar-refractivity contribution in [2.24, 2.45) is 0 Å². The van der Waals surface area contributed by atoms with Gasteiger partial charge in [0.2, 0.25) is 5.91 Å². The summed E-state index contributed by atoms with van der Waals surface area (Å²) in [6.07, 6.45) is 1.31. The van der Waals surface area contributed by atoms with E-state index in [1.165, 1.54) is 0 Å². The summed E-state index contributed by atoms with van der Waals surface area (Å²) in [6.45, 7) is 6.02. The first kappa shape index (κ1) is 24.6. The van der Waals surface area contributed by atoms with E-state index in [4.69, 9.17) is 16.3 Å². The van der Waals surface area contributed by atoms with Crippen LogP contribution >= 0.6 is 11.6 Å². The fraction of sp³-hybridized carbons (Fsp3) is 0.333. The van der Waals surface area contributed by atoms with Gasteiger partial charge in [0.25, 0.3) is 5.91 Å². The Balaban J connectivity index is 1.82. The quantitative estimate of drug-likeness (QED) is 0.423. The Hall–Kier alpha value is -3.05. The van der Waals surface area contributed by atoms with Crippen LogP contribution in [0.5, 0.6) is 5.75 Å². The Labute approximate surface area is 200 Å². The molecule has 3 rings (SSSR count). The number of hydrogen-bond acceptors (Lipinski definition) is 3. The maximum Gasteiger partial charge on any atom is 0.261 e. The predicted octanol–water partition coefficient (Wildman–Crippen LogP) is 5.59. The number of benzene rings is 3. The van der Waals surface area contributed by atoms with Crippen molar-refractivity contribution in [2.45, 2.75) is 52.2 Å². The lowest BCUT2D eigenvalue weighted by Crippen LogP contribution is -2.51. The number of rotatable bonds is 10. The monoisotopic (exact) mass is 466 g/mol. The molecule has 0 aliphatic carbocycles. The maximum atomic E-state index is 13.4. The molecule has 1 N–H and O–H groups in total. The van der Waals surface area contributed by atoms with E-state index in [0.717, 1.165) is 22.8 Å². The van der Waals surface area contributed by atoms with Crippen LogP contribution in [0.25, 0.3) is 10.8 Å². The molecule has 33 heavy (non-hydrogen) atoms. The summed E-state index contributed by atoms with van der Waals surface area (Å²) in [7, 11) is 0. The molecule has 0 unspecified atom stereocenters. The molecule has 3 aromatic carbocycles. The summed E-state index contributed by atoms with van der Waals surface area (Å²) in [5.41, 5.74) is 0.896. The van der Waals surface area contributed by atoms with Crippen LogP contribution in [-0.4, -0.2) is 35.4 Å². The molecule has 0 saturated heterocycles. The number of nitrogens with one attached hydrogen (secondary N) is 1. The molecule has 0 heterocycles. The van der Waals surface area contributed by atoms with E-state index < -0.39 is 6.04 Å². The molecule has 0 radical (unpaired) electrons. The van der Waals surface area contributed by atoms with Gasteiger partial charge in [0, 0.05) is 23.0 Å². The zero-order chi connectivity index (χ0) is 23.8. The Bertz CT molecular complexity index is 1080. The summed E-state index contributed by atoms with van der Waals surface area (Å²) < 4.78 is 5.95. The van der Waals surface area contributed by atoms with Crippen molar-refractivity contribution < 1.29 is 14.3 Å². The van der Waals surface area contributed by atoms with Gasteiger partial charge >= 0.3 is 0 Å². The highest BCUT2D eigenvalue weighted by Gasteiger charge is 2.29. The van der Waals surface area contributed by atoms with Crippen molar-refractivity contribution in [3.8, 4) is 5.75 Å². The van der Waals surface area contributed by atoms with Crippen molar-refractivity contribution in [1.82, 2.24) is 10.2 Å². The first-order valence-corrected chi connectivity index (χ1v) is 11.8. The minimum absolute atomic E-state index is 0.0333. The van der Waals surface area contributed by atoms with Gasteiger partial charge in [-0.2, -0.15) is 0 Å². The van der Waals surface area contributed by atoms with Crippen LogP contribution < -0.4 is 10.1 Å². The third-order valence-corrected chi connectivity index (χ3v) is 6.01. The third-order valence-electron chi connectivity index (χ3n) is 5.75. The largest absolute Gasteiger partial charge is 0.483 e. The molecule has 5 nitrogen and oxygen atoms in total. The molecule has 3 aromatic rings. The molecule has 6 heteroatoms. The van der Waals surface area contributed by atoms with Crippen molar-refractivity contribution >= 4 is 34.2 Å². The van der Waals surface area contributed by atoms with Crippen LogP contribution in [0.4, 0.5) is 0 Å². The second-order valence-electron chi connectivity index (χ2n) is 8.16. The van der Waals surface area contributed by atoms with Gasteiger partial charge in [-0.25, -0.2) is 0 Å². The molecule has 0 spiro atoms. The molecule has 0 aliphatic rings. The Morgan fingerprint density at radius 2 is 1.67 bits per heavy atom. The van der Waals surface area contributed by atoms with Crippen LogP contribution in [0.3, 0.4) is 0 Å². The fourth-order valence-electron chi connectivity index (χ4n) is 3.69. The van der Waals surface area contributed by atoms with Gasteiger partial charge < -0.3 is 15.0 Å². The van der Waals surface area contributed by atoms with Gasteiger partial charge in [0.05, 0.1) is 0 Å². The van der Waals surface area contributed by atoms with Crippen LogP contribution in [0, 0.1) is 0 Å². The van der Waals surface area contributed by atoms with E-state index in [1.54, 1.807) is 17.0 Å². The van der Waals surface area contributed by atoms with E-state index >= 15 is 0 Å². The van der Waals surface area contributed by atoms with Crippen LogP contribution in [-0.2, 0) is 16.1 Å². The second-order valence-corrected chi connectivity index (χ2v) is 8.59. The van der Waals surface area contributed by atoms with Crippen LogP contribution in [0.2, 0.25) is 5.02 Å². The van der Waals surface area contributed by atoms with Gasteiger partial charge in [-0.3, -0.25) is 9.59 Å². The van der Waals surface area contributed by atoms with Crippen molar-refractivity contribution in [2.75, 3.05) is 6.61 Å². The maximum absolute atomic E-state index is 13.4. The fourth-order valence-corrected chi connectivity index (χ4v) is 3.82. The van der Waals surface area contributed by atoms with Gasteiger partial charge in [-0.1, -0.05) is 74.0 Å². The zero-order valence-corrected chi connectivity index (χ0v) is 20.1. The molecule has 174 valence electrons. The molecule has 0 aliphatic heterocycles. The number of carbonyl (C=O) groups is 2. The molecule has 0 aromatic heterocycles. The summed E-state index contributed by atoms with van der Waals surface area (Å²) in [5.74, 6) is 0.244. The molecule has 0 fully saturated rings. The first-order valence-electron chi connectivity index (χ1n) is 11.4. The SMILES string of the molecule is CC[C@@H](C)NC(=O)[C@@H](CC)N(Cc1ccc(Cl)cc1)C(=O)COc1cccc2ccccc12. The first-order chi connectivity index (χ1) is 15.9. The minimum Gasteiger partial charge on any atom is -0.483 e. The third kappa shape index (κ3) is 6.48. The number of hydrogen-bond donors (Lipinski definition) is 1. The topological polar surface area (TPSA) is 58.6 Å². The van der Waals surface area contributed by atoms with Gasteiger partial charge in [0.1, 0.15) is 11.8 Å². The summed E-state index contributed by atoms with van der Waals surface area (Å²) in [5, 5.41) is 5.62. The van der Waals surface area contributed by atoms with Gasteiger partial charge in [0.15, 0.2) is 6.61 Å². The number of amides is 2. The number of ether oxygens (including phenoxy) is 1. The lowest BCUT2D eigenvalue weighted by Gasteiger charge is -2.31. The number of halogens is 1. The standard InChI is InChI=1S/C27H31ClN2O3/c1-4-19(3)29-27(32)24(5-2)30(17-20-13-15-22(28)16-14-20)26(31)18-33-25-12-8-10-21-9-6-7-11-23(21)25/h6-16,19,24H,4-5,17-18H2,1-3H3,(H,29,32)/t19-,24-/m1/s1. The number of fused-ring (bicyclic) bond motifs is 1. The van der Waals surface area contributed by atoms with E-state index in [0.29, 0.717) is 23.7 Å². The molecule has 0 bridgehead atoms. The minimum atomic E-state index is -0.599. The Morgan fingerprint density at radius 1 is 0.970 bits per heavy atom. The lowest BCUT2D eigenvalue weighted by molar-refractivity contribution is -0.143. The van der Waals surface area contributed by atoms with E-state index in [9.17, 15) is 9.59 Å². The Morgan fingerprint density at radius 3 is 2.36 bits per heavy atom. The normalized spacial score (nSPS) is 12.7. The zero-order valence-electron chi connectivity index (χ0n) is 19.4. The highest BCUT2D eigenvalue weighted by atomic mass is 35.5. The second kappa shape index (κ2) is 11.7. The molecular formula is C27H31ClN2O3. The van der Waals surface area contributed by atoms with Crippen LogP contribution in [0.15, 0.2) is 66.7 Å². The van der Waals surface area contributed by atoms with Gasteiger partial charge in [-0.05, 0) is 48.9 Å². The summed E-state index contributed by atoms with van der Waals surface area (Å²) in [4.78, 5) is 28.0. The van der Waals surface area contributed by atoms with Gasteiger partial charge in [-0.15, -0.1) is 0 Å². The van der Waals surface area contributed by atoms with E-state index in [1.807, 2.05) is 75.4 Å². The van der Waals surface area contributed by atoms with Crippen LogP contribution in [0.1, 0.15) is 39.2 Å². The summed E-state index contributed by atoms with van der Waals surface area (Å²) >= 11 is 6.02. The van der Waals surface area contributed by atoms with Crippen molar-refractivity contribution in [1.29, 1.82) is 0 Å². The van der Waals surface area contributed by atoms with Crippen molar-refractivity contribution in [3.63, 3.8) is 0 Å². The highest BCUT2D eigenvalue weighted by Crippen LogP contribution is 2.25. The van der Waals surface area contributed by atoms with Crippen molar-refractivity contribution in [3.05, 3.63) is 77.3 Å². The average Bonchev–Trinajstić information content (AvgIpc) is 2.83. The number of nitrogens with zero attached hydrogens (tertiary/aromatic N) is 1. The predicted molar refractivity (Wildman–Crippen MR) is 133 cm³/mol. The molecule has 0 saturated carbocycles. The molecule has 2 amide bonds. The smallest absolute Gasteiger partial charge is 0.261 e. The highest BCUT2D eigenvalue weighted by molar-refractivity contribution is 6.30. The Kier molecular flexibility index (Phi) is 8.72. The van der Waals surface area contributed by atoms with E-state index in [-0.39, 0.29) is 24.5 Å².